The molecule has 0 aliphatic carbocycles. The summed E-state index contributed by atoms with van der Waals surface area (Å²) in [6.07, 6.45) is -4.33. The third-order valence-corrected chi connectivity index (χ3v) is 1.97. The Hall–Kier alpha value is -1.24. The van der Waals surface area contributed by atoms with Crippen molar-refractivity contribution in [3.63, 3.8) is 0 Å². The second-order valence-corrected chi connectivity index (χ2v) is 3.23. The molecule has 1 aromatic rings. The van der Waals surface area contributed by atoms with E-state index in [-0.39, 0.29) is 11.4 Å². The summed E-state index contributed by atoms with van der Waals surface area (Å²) in [4.78, 5) is 10.3. The molecule has 1 amide bonds. The van der Waals surface area contributed by atoms with Crippen molar-refractivity contribution in [1.29, 1.82) is 0 Å². The fraction of sp³-hybridized carbons (Fsp3) is 0.125. The Balaban J connectivity index is 2.88. The minimum atomic E-state index is -4.74. The number of carbonyl (C=O) groups is 1. The van der Waals surface area contributed by atoms with E-state index in [0.717, 1.165) is 16.1 Å². The number of benzene rings is 1. The molecule has 0 N–H and O–H groups in total. The Morgan fingerprint density at radius 2 is 2.07 bits per heavy atom. The highest BCUT2D eigenvalue weighted by Crippen LogP contribution is 2.27. The van der Waals surface area contributed by atoms with Gasteiger partial charge in [0.1, 0.15) is 5.75 Å². The molecule has 0 heterocycles. The normalized spacial score (nSPS) is 10.9. The van der Waals surface area contributed by atoms with Crippen LogP contribution in [0.25, 0.3) is 0 Å². The van der Waals surface area contributed by atoms with Crippen molar-refractivity contribution in [2.45, 2.75) is 6.36 Å². The van der Waals surface area contributed by atoms with E-state index in [0.29, 0.717) is 6.41 Å². The molecule has 0 bridgehead atoms. The monoisotopic (exact) mass is 283 g/mol. The van der Waals surface area contributed by atoms with Gasteiger partial charge in [-0.05, 0) is 12.1 Å². The van der Waals surface area contributed by atoms with Crippen LogP contribution < -0.4 is 8.66 Å². The predicted molar refractivity (Wildman–Crippen MR) is 50.6 cm³/mol. The van der Waals surface area contributed by atoms with Crippen LogP contribution in [-0.2, 0) is 4.79 Å². The van der Waals surface area contributed by atoms with Crippen LogP contribution in [0.15, 0.2) is 24.3 Å². The highest BCUT2D eigenvalue weighted by Gasteiger charge is 2.31. The molecule has 0 radical (unpaired) electrons. The van der Waals surface area contributed by atoms with Gasteiger partial charge < -0.3 is 4.74 Å². The van der Waals surface area contributed by atoms with Crippen molar-refractivity contribution in [2.75, 3.05) is 3.93 Å². The molecular weight excluding hydrogens is 279 g/mol. The zero-order chi connectivity index (χ0) is 11.5. The largest absolute Gasteiger partial charge is 0.573 e. The van der Waals surface area contributed by atoms with Crippen LogP contribution in [-0.4, -0.2) is 12.8 Å². The highest BCUT2D eigenvalue weighted by molar-refractivity contribution is 9.10. The number of nitrogens with zero attached hydrogens (tertiary/aromatic N) is 1. The Bertz CT molecular complexity index is 356. The van der Waals surface area contributed by atoms with Crippen molar-refractivity contribution >= 4 is 28.2 Å². The lowest BCUT2D eigenvalue weighted by Gasteiger charge is -2.12. The van der Waals surface area contributed by atoms with E-state index >= 15 is 0 Å². The van der Waals surface area contributed by atoms with Crippen LogP contribution >= 0.6 is 16.1 Å². The average Bonchev–Trinajstić information content (AvgIpc) is 2.14. The van der Waals surface area contributed by atoms with Crippen LogP contribution in [0, 0.1) is 0 Å². The predicted octanol–water partition coefficient (Wildman–Crippen LogP) is 2.86. The van der Waals surface area contributed by atoms with Gasteiger partial charge in [-0.2, -0.15) is 0 Å². The van der Waals surface area contributed by atoms with Crippen molar-refractivity contribution in [1.82, 2.24) is 0 Å². The van der Waals surface area contributed by atoms with Gasteiger partial charge in [-0.3, -0.25) is 4.79 Å². The Morgan fingerprint density at radius 3 is 2.60 bits per heavy atom. The lowest BCUT2D eigenvalue weighted by atomic mass is 10.3. The number of hydrogen-bond acceptors (Lipinski definition) is 2. The van der Waals surface area contributed by atoms with Crippen molar-refractivity contribution in [3.8, 4) is 5.75 Å². The van der Waals surface area contributed by atoms with E-state index in [1.165, 1.54) is 12.1 Å². The smallest absolute Gasteiger partial charge is 0.406 e. The van der Waals surface area contributed by atoms with Crippen molar-refractivity contribution in [3.05, 3.63) is 24.3 Å². The Kier molecular flexibility index (Phi) is 3.57. The SMILES string of the molecule is O=CN(Br)c1cccc(OC(F)(F)F)c1. The molecule has 0 spiro atoms. The summed E-state index contributed by atoms with van der Waals surface area (Å²) in [5.41, 5.74) is 0.242. The molecule has 0 aromatic heterocycles. The number of alkyl halides is 3. The molecule has 15 heavy (non-hydrogen) atoms. The number of rotatable bonds is 3. The van der Waals surface area contributed by atoms with Crippen LogP contribution in [0.3, 0.4) is 0 Å². The first-order valence-corrected chi connectivity index (χ1v) is 4.39. The molecule has 3 nitrogen and oxygen atoms in total. The standard InChI is InChI=1S/C8H5BrF3NO2/c9-13(5-14)6-2-1-3-7(4-6)15-8(10,11)12/h1-5H. The van der Waals surface area contributed by atoms with Crippen LogP contribution in [0.4, 0.5) is 18.9 Å². The molecule has 0 unspecified atom stereocenters. The summed E-state index contributed by atoms with van der Waals surface area (Å²) in [6, 6.07) is 5.01. The van der Waals surface area contributed by atoms with E-state index in [1.54, 1.807) is 0 Å². The number of ether oxygens (including phenoxy) is 1. The quantitative estimate of drug-likeness (QED) is 0.631. The van der Waals surface area contributed by atoms with Crippen molar-refractivity contribution < 1.29 is 22.7 Å². The van der Waals surface area contributed by atoms with Crippen LogP contribution in [0.1, 0.15) is 0 Å². The first kappa shape index (κ1) is 11.8. The maximum absolute atomic E-state index is 11.8. The molecule has 1 rings (SSSR count). The first-order chi connectivity index (χ1) is 6.92. The fourth-order valence-corrected chi connectivity index (χ4v) is 1.09. The summed E-state index contributed by atoms with van der Waals surface area (Å²) in [5, 5.41) is 0. The maximum Gasteiger partial charge on any atom is 0.573 e. The van der Waals surface area contributed by atoms with Gasteiger partial charge in [-0.1, -0.05) is 6.07 Å². The summed E-state index contributed by atoms with van der Waals surface area (Å²) < 4.78 is 40.1. The molecule has 7 heteroatoms. The number of hydrogen-bond donors (Lipinski definition) is 0. The molecule has 0 saturated heterocycles. The average molecular weight is 284 g/mol. The molecule has 0 aliphatic rings. The van der Waals surface area contributed by atoms with E-state index in [9.17, 15) is 18.0 Å². The topological polar surface area (TPSA) is 29.5 Å². The summed E-state index contributed by atoms with van der Waals surface area (Å²) >= 11 is 2.83. The second-order valence-electron chi connectivity index (χ2n) is 2.46. The Labute approximate surface area is 91.8 Å². The highest BCUT2D eigenvalue weighted by atomic mass is 79.9. The van der Waals surface area contributed by atoms with Gasteiger partial charge in [0.2, 0.25) is 6.41 Å². The zero-order valence-corrected chi connectivity index (χ0v) is 8.75. The van der Waals surface area contributed by atoms with Gasteiger partial charge in [0, 0.05) is 6.07 Å². The maximum atomic E-state index is 11.8. The lowest BCUT2D eigenvalue weighted by molar-refractivity contribution is -0.274. The molecular formula is C8H5BrF3NO2. The van der Waals surface area contributed by atoms with Gasteiger partial charge in [-0.15, -0.1) is 13.2 Å². The number of halogens is 4. The Morgan fingerprint density at radius 1 is 1.40 bits per heavy atom. The van der Waals surface area contributed by atoms with Gasteiger partial charge in [-0.25, -0.2) is 3.93 Å². The van der Waals surface area contributed by atoms with Crippen LogP contribution in [0.5, 0.6) is 5.75 Å². The summed E-state index contributed by atoms with van der Waals surface area (Å²) in [6.45, 7) is 0. The van der Waals surface area contributed by atoms with E-state index in [1.807, 2.05) is 0 Å². The second kappa shape index (κ2) is 4.52. The molecule has 0 saturated carbocycles. The first-order valence-electron chi connectivity index (χ1n) is 3.68. The lowest BCUT2D eigenvalue weighted by Crippen LogP contribution is -2.17. The van der Waals surface area contributed by atoms with Gasteiger partial charge in [0.05, 0.1) is 21.8 Å². The van der Waals surface area contributed by atoms with E-state index in [4.69, 9.17) is 0 Å². The minimum Gasteiger partial charge on any atom is -0.406 e. The van der Waals surface area contributed by atoms with Gasteiger partial charge in [0.25, 0.3) is 0 Å². The number of carbonyl (C=O) groups excluding carboxylic acids is 1. The third kappa shape index (κ3) is 3.78. The van der Waals surface area contributed by atoms with E-state index in [2.05, 4.69) is 20.9 Å². The van der Waals surface area contributed by atoms with Crippen molar-refractivity contribution in [2.24, 2.45) is 0 Å². The summed E-state index contributed by atoms with van der Waals surface area (Å²) in [7, 11) is 0. The summed E-state index contributed by atoms with van der Waals surface area (Å²) in [5.74, 6) is -0.383. The third-order valence-electron chi connectivity index (χ3n) is 1.39. The molecule has 0 fully saturated rings. The zero-order valence-electron chi connectivity index (χ0n) is 7.16. The van der Waals surface area contributed by atoms with Gasteiger partial charge >= 0.3 is 6.36 Å². The molecule has 0 aliphatic heterocycles. The number of amides is 1. The fourth-order valence-electron chi connectivity index (χ4n) is 0.874. The molecule has 1 aromatic carbocycles. The van der Waals surface area contributed by atoms with Crippen LogP contribution in [0.2, 0.25) is 0 Å². The molecule has 82 valence electrons. The van der Waals surface area contributed by atoms with Gasteiger partial charge in [0.15, 0.2) is 0 Å². The number of anilines is 1. The minimum absolute atomic E-state index is 0.242. The van der Waals surface area contributed by atoms with E-state index < -0.39 is 6.36 Å². The molecule has 0 atom stereocenters.